The van der Waals surface area contributed by atoms with Gasteiger partial charge in [0.1, 0.15) is 6.61 Å². The van der Waals surface area contributed by atoms with Gasteiger partial charge in [0.25, 0.3) is 0 Å². The molecule has 4 heteroatoms. The molecule has 0 saturated heterocycles. The Balaban J connectivity index is 1.91. The lowest BCUT2D eigenvalue weighted by molar-refractivity contribution is 0.292. The Morgan fingerprint density at radius 1 is 1.16 bits per heavy atom. The maximum Gasteiger partial charge on any atom is 0.218 e. The molecule has 19 heavy (non-hydrogen) atoms. The summed E-state index contributed by atoms with van der Waals surface area (Å²) in [7, 11) is 0. The van der Waals surface area contributed by atoms with Crippen molar-refractivity contribution < 1.29 is 4.74 Å². The zero-order valence-electron chi connectivity index (χ0n) is 10.9. The van der Waals surface area contributed by atoms with Gasteiger partial charge in [-0.1, -0.05) is 30.3 Å². The molecule has 0 N–H and O–H groups in total. The van der Waals surface area contributed by atoms with Gasteiger partial charge in [0.2, 0.25) is 5.88 Å². The first-order valence-corrected chi connectivity index (χ1v) is 6.91. The molecule has 0 spiro atoms. The minimum Gasteiger partial charge on any atom is -0.473 e. The van der Waals surface area contributed by atoms with E-state index in [0.717, 1.165) is 26.9 Å². The van der Waals surface area contributed by atoms with E-state index in [0.29, 0.717) is 12.5 Å². The first-order chi connectivity index (χ1) is 9.25. The molecule has 0 aliphatic carbocycles. The number of aromatic nitrogens is 2. The number of pyridine rings is 1. The molecule has 3 aromatic rings. The molecule has 0 amide bonds. The summed E-state index contributed by atoms with van der Waals surface area (Å²) >= 11 is 1.49. The molecule has 2 aromatic heterocycles. The Kier molecular flexibility index (Phi) is 3.17. The highest BCUT2D eigenvalue weighted by Crippen LogP contribution is 2.30. The average Bonchev–Trinajstić information content (AvgIpc) is 2.92. The molecule has 0 bridgehead atoms. The highest BCUT2D eigenvalue weighted by atomic mass is 32.1. The van der Waals surface area contributed by atoms with Crippen molar-refractivity contribution in [1.29, 1.82) is 0 Å². The lowest BCUT2D eigenvalue weighted by Gasteiger charge is -2.10. The Bertz CT molecular complexity index is 707. The minimum absolute atomic E-state index is 0.540. The average molecular weight is 270 g/mol. The van der Waals surface area contributed by atoms with E-state index in [-0.39, 0.29) is 0 Å². The van der Waals surface area contributed by atoms with Crippen LogP contribution in [0.15, 0.2) is 36.5 Å². The first kappa shape index (κ1) is 12.1. The van der Waals surface area contributed by atoms with Gasteiger partial charge in [-0.05, 0) is 30.9 Å². The highest BCUT2D eigenvalue weighted by Gasteiger charge is 2.11. The number of benzene rings is 1. The van der Waals surface area contributed by atoms with Crippen LogP contribution < -0.4 is 4.74 Å². The van der Waals surface area contributed by atoms with Gasteiger partial charge in [0.15, 0.2) is 0 Å². The fraction of sp³-hybridized carbons (Fsp3) is 0.200. The number of rotatable bonds is 3. The summed E-state index contributed by atoms with van der Waals surface area (Å²) in [5.74, 6) is 0.707. The van der Waals surface area contributed by atoms with Crippen LogP contribution in [0.25, 0.3) is 10.1 Å². The molecule has 2 heterocycles. The number of nitrogens with zero attached hydrogens (tertiary/aromatic N) is 2. The molecule has 0 radical (unpaired) electrons. The molecular weight excluding hydrogens is 256 g/mol. The van der Waals surface area contributed by atoms with Crippen LogP contribution in [0.5, 0.6) is 5.88 Å². The first-order valence-electron chi connectivity index (χ1n) is 6.14. The molecule has 0 saturated carbocycles. The predicted octanol–water partition coefficient (Wildman–Crippen LogP) is 3.89. The van der Waals surface area contributed by atoms with E-state index in [2.05, 4.69) is 9.36 Å². The lowest BCUT2D eigenvalue weighted by Crippen LogP contribution is -2.00. The third-order valence-corrected chi connectivity index (χ3v) is 4.03. The quantitative estimate of drug-likeness (QED) is 0.724. The summed E-state index contributed by atoms with van der Waals surface area (Å²) in [5.41, 5.74) is 3.18. The van der Waals surface area contributed by atoms with Gasteiger partial charge in [-0.3, -0.25) is 0 Å². The molecule has 3 rings (SSSR count). The summed E-state index contributed by atoms with van der Waals surface area (Å²) in [6, 6.07) is 10.1. The molecule has 0 aliphatic heterocycles. The van der Waals surface area contributed by atoms with Crippen molar-refractivity contribution in [3.8, 4) is 5.88 Å². The number of hydrogen-bond donors (Lipinski definition) is 0. The number of hydrogen-bond acceptors (Lipinski definition) is 4. The molecule has 0 fully saturated rings. The molecular formula is C15H14N2OS. The fourth-order valence-electron chi connectivity index (χ4n) is 2.03. The third kappa shape index (κ3) is 2.31. The van der Waals surface area contributed by atoms with Crippen molar-refractivity contribution in [3.63, 3.8) is 0 Å². The summed E-state index contributed by atoms with van der Waals surface area (Å²) in [6.07, 6.45) is 1.87. The van der Waals surface area contributed by atoms with Gasteiger partial charge in [0.05, 0.1) is 16.6 Å². The smallest absolute Gasteiger partial charge is 0.218 e. The topological polar surface area (TPSA) is 35.0 Å². The lowest BCUT2D eigenvalue weighted by atomic mass is 10.2. The van der Waals surface area contributed by atoms with Gasteiger partial charge >= 0.3 is 0 Å². The Morgan fingerprint density at radius 2 is 1.95 bits per heavy atom. The number of aryl methyl sites for hydroxylation is 2. The second kappa shape index (κ2) is 4.97. The van der Waals surface area contributed by atoms with Crippen molar-refractivity contribution in [3.05, 3.63) is 53.3 Å². The van der Waals surface area contributed by atoms with Crippen LogP contribution in [0.2, 0.25) is 0 Å². The normalized spacial score (nSPS) is 10.8. The largest absolute Gasteiger partial charge is 0.473 e. The summed E-state index contributed by atoms with van der Waals surface area (Å²) in [4.78, 5) is 4.53. The van der Waals surface area contributed by atoms with Crippen LogP contribution in [-0.2, 0) is 6.61 Å². The van der Waals surface area contributed by atoms with Crippen LogP contribution >= 0.6 is 11.5 Å². The summed E-state index contributed by atoms with van der Waals surface area (Å²) < 4.78 is 11.2. The van der Waals surface area contributed by atoms with Crippen molar-refractivity contribution in [2.75, 3.05) is 0 Å². The van der Waals surface area contributed by atoms with E-state index in [1.54, 1.807) is 0 Å². The number of fused-ring (bicyclic) bond motifs is 1. The zero-order chi connectivity index (χ0) is 13.2. The van der Waals surface area contributed by atoms with Crippen molar-refractivity contribution >= 4 is 21.6 Å². The van der Waals surface area contributed by atoms with Crippen molar-refractivity contribution in [2.45, 2.75) is 20.5 Å². The van der Waals surface area contributed by atoms with E-state index >= 15 is 0 Å². The predicted molar refractivity (Wildman–Crippen MR) is 77.7 cm³/mol. The van der Waals surface area contributed by atoms with Crippen LogP contribution in [0.4, 0.5) is 0 Å². The fourth-order valence-corrected chi connectivity index (χ4v) is 2.81. The molecule has 0 atom stereocenters. The Morgan fingerprint density at radius 3 is 2.74 bits per heavy atom. The van der Waals surface area contributed by atoms with Gasteiger partial charge in [-0.15, -0.1) is 0 Å². The highest BCUT2D eigenvalue weighted by molar-refractivity contribution is 7.13. The van der Waals surface area contributed by atoms with Crippen molar-refractivity contribution in [2.24, 2.45) is 0 Å². The number of ether oxygens (including phenoxy) is 1. The van der Waals surface area contributed by atoms with Crippen LogP contribution in [0.3, 0.4) is 0 Å². The second-order valence-corrected chi connectivity index (χ2v) is 5.27. The van der Waals surface area contributed by atoms with Gasteiger partial charge in [-0.2, -0.15) is 4.37 Å². The molecule has 3 nitrogen and oxygen atoms in total. The van der Waals surface area contributed by atoms with E-state index in [4.69, 9.17) is 4.74 Å². The summed E-state index contributed by atoms with van der Waals surface area (Å²) in [6.45, 7) is 4.57. The zero-order valence-corrected chi connectivity index (χ0v) is 11.7. The van der Waals surface area contributed by atoms with Crippen LogP contribution in [0, 0.1) is 13.8 Å². The van der Waals surface area contributed by atoms with Crippen molar-refractivity contribution in [1.82, 2.24) is 9.36 Å². The molecule has 1 aromatic carbocycles. The second-order valence-electron chi connectivity index (χ2n) is 4.47. The monoisotopic (exact) mass is 270 g/mol. The van der Waals surface area contributed by atoms with Gasteiger partial charge in [0, 0.05) is 10.9 Å². The molecule has 0 aliphatic rings. The third-order valence-electron chi connectivity index (χ3n) is 3.11. The van der Waals surface area contributed by atoms with Gasteiger partial charge in [-0.25, -0.2) is 4.98 Å². The summed E-state index contributed by atoms with van der Waals surface area (Å²) in [5, 5.41) is 1.12. The molecule has 96 valence electrons. The van der Waals surface area contributed by atoms with E-state index < -0.39 is 0 Å². The SMILES string of the molecule is Cc1nc(OCc2ccccc2)c(C)c2sncc12. The van der Waals surface area contributed by atoms with E-state index in [9.17, 15) is 0 Å². The standard InChI is InChI=1S/C15H14N2OS/c1-10-14-13(8-16-19-14)11(2)17-15(10)18-9-12-6-4-3-5-7-12/h3-8H,9H2,1-2H3. The maximum atomic E-state index is 5.85. The van der Waals surface area contributed by atoms with Gasteiger partial charge < -0.3 is 4.74 Å². The Hall–Kier alpha value is -1.94. The maximum absolute atomic E-state index is 5.85. The Labute approximate surface area is 116 Å². The van der Waals surface area contributed by atoms with E-state index in [1.807, 2.05) is 50.4 Å². The molecule has 0 unspecified atom stereocenters. The minimum atomic E-state index is 0.540. The van der Waals surface area contributed by atoms with Crippen LogP contribution in [-0.4, -0.2) is 9.36 Å². The van der Waals surface area contributed by atoms with Crippen LogP contribution in [0.1, 0.15) is 16.8 Å². The van der Waals surface area contributed by atoms with E-state index in [1.165, 1.54) is 11.5 Å².